The number of rotatable bonds is 1. The van der Waals surface area contributed by atoms with Crippen LogP contribution in [0.25, 0.3) is 0 Å². The third kappa shape index (κ3) is 1.00. The standard InChI is InChI=1S/C6H12N2O/c1-5-6(3-9)8(2)4-7-5/h7,9H,3-4H2,1-2H3. The van der Waals surface area contributed by atoms with Crippen LogP contribution in [0, 0.1) is 0 Å². The van der Waals surface area contributed by atoms with E-state index in [1.807, 2.05) is 18.9 Å². The number of aliphatic hydroxyl groups is 1. The summed E-state index contributed by atoms with van der Waals surface area (Å²) < 4.78 is 0. The lowest BCUT2D eigenvalue weighted by molar-refractivity contribution is 0.284. The summed E-state index contributed by atoms with van der Waals surface area (Å²) in [6.07, 6.45) is 0. The Morgan fingerprint density at radius 2 is 2.44 bits per heavy atom. The number of likely N-dealkylation sites (N-methyl/N-ethyl adjacent to an activating group) is 1. The van der Waals surface area contributed by atoms with Gasteiger partial charge in [0, 0.05) is 12.7 Å². The molecule has 0 saturated heterocycles. The molecule has 3 nitrogen and oxygen atoms in total. The molecule has 1 rings (SSSR count). The summed E-state index contributed by atoms with van der Waals surface area (Å²) >= 11 is 0. The highest BCUT2D eigenvalue weighted by atomic mass is 16.3. The first kappa shape index (κ1) is 6.42. The Morgan fingerprint density at radius 1 is 1.78 bits per heavy atom. The molecular formula is C6H12N2O. The lowest BCUT2D eigenvalue weighted by atomic mass is 10.4. The van der Waals surface area contributed by atoms with E-state index in [9.17, 15) is 0 Å². The smallest absolute Gasteiger partial charge is 0.0869 e. The summed E-state index contributed by atoms with van der Waals surface area (Å²) in [6.45, 7) is 2.92. The van der Waals surface area contributed by atoms with Crippen molar-refractivity contribution in [2.75, 3.05) is 20.3 Å². The number of hydrogen-bond donors (Lipinski definition) is 2. The van der Waals surface area contributed by atoms with Gasteiger partial charge in [0.2, 0.25) is 0 Å². The summed E-state index contributed by atoms with van der Waals surface area (Å²) in [4.78, 5) is 2.00. The van der Waals surface area contributed by atoms with E-state index in [1.165, 1.54) is 0 Å². The van der Waals surface area contributed by atoms with Gasteiger partial charge < -0.3 is 15.3 Å². The minimum absolute atomic E-state index is 0.134. The SMILES string of the molecule is CC1=C(CO)N(C)CN1. The number of hydrogen-bond acceptors (Lipinski definition) is 3. The van der Waals surface area contributed by atoms with Gasteiger partial charge in [-0.15, -0.1) is 0 Å². The summed E-state index contributed by atoms with van der Waals surface area (Å²) in [5, 5.41) is 11.9. The fraction of sp³-hybridized carbons (Fsp3) is 0.667. The Morgan fingerprint density at radius 3 is 2.67 bits per heavy atom. The molecule has 2 N–H and O–H groups in total. The highest BCUT2D eigenvalue weighted by Crippen LogP contribution is 2.09. The molecule has 1 aliphatic heterocycles. The van der Waals surface area contributed by atoms with Crippen LogP contribution in [0.2, 0.25) is 0 Å². The maximum absolute atomic E-state index is 8.77. The molecule has 0 amide bonds. The van der Waals surface area contributed by atoms with E-state index in [0.717, 1.165) is 18.1 Å². The molecule has 0 aromatic heterocycles. The molecule has 0 atom stereocenters. The van der Waals surface area contributed by atoms with Crippen LogP contribution in [0.15, 0.2) is 11.4 Å². The number of allylic oxidation sites excluding steroid dienone is 1. The quantitative estimate of drug-likeness (QED) is 0.509. The second-order valence-electron chi connectivity index (χ2n) is 2.26. The highest BCUT2D eigenvalue weighted by Gasteiger charge is 2.12. The van der Waals surface area contributed by atoms with Crippen molar-refractivity contribution in [3.05, 3.63) is 11.4 Å². The van der Waals surface area contributed by atoms with Crippen molar-refractivity contribution >= 4 is 0 Å². The molecule has 3 heteroatoms. The van der Waals surface area contributed by atoms with Crippen LogP contribution in [0.4, 0.5) is 0 Å². The van der Waals surface area contributed by atoms with Crippen molar-refractivity contribution in [3.63, 3.8) is 0 Å². The van der Waals surface area contributed by atoms with Gasteiger partial charge in [-0.3, -0.25) is 0 Å². The van der Waals surface area contributed by atoms with Gasteiger partial charge in [-0.05, 0) is 6.92 Å². The molecule has 0 fully saturated rings. The first-order valence-electron chi connectivity index (χ1n) is 3.01. The van der Waals surface area contributed by atoms with Gasteiger partial charge in [-0.1, -0.05) is 0 Å². The van der Waals surface area contributed by atoms with Crippen molar-refractivity contribution in [1.82, 2.24) is 10.2 Å². The first-order chi connectivity index (χ1) is 4.25. The fourth-order valence-electron chi connectivity index (χ4n) is 0.960. The zero-order valence-electron chi connectivity index (χ0n) is 5.81. The normalized spacial score (nSPS) is 18.8. The zero-order valence-corrected chi connectivity index (χ0v) is 5.81. The monoisotopic (exact) mass is 128 g/mol. The molecule has 0 aromatic rings. The topological polar surface area (TPSA) is 35.5 Å². The largest absolute Gasteiger partial charge is 0.390 e. The van der Waals surface area contributed by atoms with Gasteiger partial charge in [0.05, 0.1) is 19.0 Å². The molecule has 0 unspecified atom stereocenters. The second kappa shape index (κ2) is 2.27. The van der Waals surface area contributed by atoms with Crippen molar-refractivity contribution in [2.24, 2.45) is 0 Å². The predicted octanol–water partition coefficient (Wildman–Crippen LogP) is -0.297. The van der Waals surface area contributed by atoms with Crippen LogP contribution < -0.4 is 5.32 Å². The van der Waals surface area contributed by atoms with Gasteiger partial charge in [0.25, 0.3) is 0 Å². The van der Waals surface area contributed by atoms with Gasteiger partial charge in [-0.2, -0.15) is 0 Å². The molecule has 0 radical (unpaired) electrons. The zero-order chi connectivity index (χ0) is 6.85. The van der Waals surface area contributed by atoms with E-state index >= 15 is 0 Å². The Hall–Kier alpha value is -0.700. The molecule has 0 aliphatic carbocycles. The minimum Gasteiger partial charge on any atom is -0.390 e. The lowest BCUT2D eigenvalue weighted by Gasteiger charge is -2.11. The van der Waals surface area contributed by atoms with E-state index < -0.39 is 0 Å². The predicted molar refractivity (Wildman–Crippen MR) is 35.6 cm³/mol. The van der Waals surface area contributed by atoms with E-state index in [4.69, 9.17) is 5.11 Å². The van der Waals surface area contributed by atoms with Crippen molar-refractivity contribution < 1.29 is 5.11 Å². The first-order valence-corrected chi connectivity index (χ1v) is 3.01. The molecule has 1 aliphatic rings. The van der Waals surface area contributed by atoms with Crippen LogP contribution in [0.1, 0.15) is 6.92 Å². The van der Waals surface area contributed by atoms with Gasteiger partial charge in [-0.25, -0.2) is 0 Å². The molecule has 0 spiro atoms. The fourth-order valence-corrected chi connectivity index (χ4v) is 0.960. The Balaban J connectivity index is 2.69. The van der Waals surface area contributed by atoms with Crippen molar-refractivity contribution in [3.8, 4) is 0 Å². The lowest BCUT2D eigenvalue weighted by Crippen LogP contribution is -2.19. The van der Waals surface area contributed by atoms with Crippen LogP contribution in [0.5, 0.6) is 0 Å². The molecule has 52 valence electrons. The van der Waals surface area contributed by atoms with Crippen LogP contribution in [0.3, 0.4) is 0 Å². The minimum atomic E-state index is 0.134. The molecule has 9 heavy (non-hydrogen) atoms. The van der Waals surface area contributed by atoms with Crippen LogP contribution in [-0.4, -0.2) is 30.3 Å². The molecule has 0 bridgehead atoms. The Kier molecular flexibility index (Phi) is 1.62. The third-order valence-electron chi connectivity index (χ3n) is 1.62. The number of aliphatic hydroxyl groups excluding tert-OH is 1. The average molecular weight is 128 g/mol. The van der Waals surface area contributed by atoms with E-state index in [2.05, 4.69) is 5.32 Å². The van der Waals surface area contributed by atoms with Crippen LogP contribution in [-0.2, 0) is 0 Å². The van der Waals surface area contributed by atoms with Gasteiger partial charge in [0.15, 0.2) is 0 Å². The second-order valence-corrected chi connectivity index (χ2v) is 2.26. The maximum atomic E-state index is 8.77. The summed E-state index contributed by atoms with van der Waals surface area (Å²) in [5.41, 5.74) is 2.08. The van der Waals surface area contributed by atoms with E-state index in [1.54, 1.807) is 0 Å². The Bertz CT molecular complexity index is 142. The summed E-state index contributed by atoms with van der Waals surface area (Å²) in [5.74, 6) is 0. The maximum Gasteiger partial charge on any atom is 0.0869 e. The van der Waals surface area contributed by atoms with Gasteiger partial charge in [0.1, 0.15) is 0 Å². The van der Waals surface area contributed by atoms with E-state index in [-0.39, 0.29) is 6.61 Å². The van der Waals surface area contributed by atoms with E-state index in [0.29, 0.717) is 0 Å². The molecular weight excluding hydrogens is 116 g/mol. The molecule has 0 saturated carbocycles. The third-order valence-corrected chi connectivity index (χ3v) is 1.62. The Labute approximate surface area is 55.0 Å². The van der Waals surface area contributed by atoms with Crippen molar-refractivity contribution in [2.45, 2.75) is 6.92 Å². The molecule has 0 aromatic carbocycles. The summed E-state index contributed by atoms with van der Waals surface area (Å²) in [6, 6.07) is 0. The van der Waals surface area contributed by atoms with Crippen LogP contribution >= 0.6 is 0 Å². The van der Waals surface area contributed by atoms with Crippen molar-refractivity contribution in [1.29, 1.82) is 0 Å². The van der Waals surface area contributed by atoms with Gasteiger partial charge >= 0.3 is 0 Å². The number of nitrogens with zero attached hydrogens (tertiary/aromatic N) is 1. The number of nitrogens with one attached hydrogen (secondary N) is 1. The highest BCUT2D eigenvalue weighted by molar-refractivity contribution is 5.13. The molecule has 1 heterocycles. The average Bonchev–Trinajstić information content (AvgIpc) is 2.12. The summed E-state index contributed by atoms with van der Waals surface area (Å²) in [7, 11) is 1.95.